The number of carbonyl (C=O) groups excluding carboxylic acids is 1. The second kappa shape index (κ2) is 8.72. The summed E-state index contributed by atoms with van der Waals surface area (Å²) in [6.07, 6.45) is 4.58. The summed E-state index contributed by atoms with van der Waals surface area (Å²) >= 11 is 7.85. The molecule has 6 heteroatoms. The molecule has 0 aliphatic heterocycles. The summed E-state index contributed by atoms with van der Waals surface area (Å²) in [6, 6.07) is 17.7. The Balaban J connectivity index is 1.65. The zero-order valence-electron chi connectivity index (χ0n) is 16.0. The molecule has 0 radical (unpaired) electrons. The first-order chi connectivity index (χ1) is 14.1. The summed E-state index contributed by atoms with van der Waals surface area (Å²) in [5.74, 6) is 0.0403. The lowest BCUT2D eigenvalue weighted by Crippen LogP contribution is -2.30. The molecule has 0 N–H and O–H groups in total. The Hall–Kier alpha value is -2.76. The van der Waals surface area contributed by atoms with Gasteiger partial charge in [-0.15, -0.1) is 0 Å². The smallest absolute Gasteiger partial charge is 0.229 e. The number of anilines is 1. The van der Waals surface area contributed by atoms with Crippen LogP contribution in [0.15, 0.2) is 67.0 Å². The third-order valence-corrected chi connectivity index (χ3v) is 6.32. The van der Waals surface area contributed by atoms with Gasteiger partial charge >= 0.3 is 0 Å². The highest BCUT2D eigenvalue weighted by Crippen LogP contribution is 2.36. The molecule has 0 atom stereocenters. The van der Waals surface area contributed by atoms with Crippen LogP contribution in [0, 0.1) is 6.92 Å². The second-order valence-electron chi connectivity index (χ2n) is 6.86. The Kier molecular flexibility index (Phi) is 5.88. The molecule has 146 valence electrons. The fourth-order valence-electron chi connectivity index (χ4n) is 3.17. The predicted octanol–water partition coefficient (Wildman–Crippen LogP) is 5.82. The maximum absolute atomic E-state index is 13.2. The SMILES string of the molecule is Cc1ccc(Cl)c2sc(N(Cc3ccncc3)C(=O)CCc3ccccc3)nc12. The lowest BCUT2D eigenvalue weighted by Gasteiger charge is -2.20. The van der Waals surface area contributed by atoms with Gasteiger partial charge in [0.15, 0.2) is 5.13 Å². The lowest BCUT2D eigenvalue weighted by atomic mass is 10.1. The molecule has 0 saturated carbocycles. The number of nitrogens with zero attached hydrogens (tertiary/aromatic N) is 3. The summed E-state index contributed by atoms with van der Waals surface area (Å²) in [5.41, 5.74) is 4.06. The first-order valence-corrected chi connectivity index (χ1v) is 10.6. The van der Waals surface area contributed by atoms with Gasteiger partial charge in [-0.2, -0.15) is 0 Å². The van der Waals surface area contributed by atoms with E-state index in [9.17, 15) is 4.79 Å². The standard InChI is InChI=1S/C23H20ClN3OS/c1-16-7-9-19(24)22-21(16)26-23(29-22)27(15-18-11-13-25-14-12-18)20(28)10-8-17-5-3-2-4-6-17/h2-7,9,11-14H,8,10,15H2,1H3. The molecule has 0 aliphatic rings. The number of hydrogen-bond acceptors (Lipinski definition) is 4. The van der Waals surface area contributed by atoms with Crippen LogP contribution in [-0.2, 0) is 17.8 Å². The normalized spacial score (nSPS) is 11.0. The molecule has 0 aliphatic carbocycles. The van der Waals surface area contributed by atoms with E-state index in [1.807, 2.05) is 61.5 Å². The number of hydrogen-bond donors (Lipinski definition) is 0. The highest BCUT2D eigenvalue weighted by Gasteiger charge is 2.21. The average molecular weight is 422 g/mol. The van der Waals surface area contributed by atoms with Crippen LogP contribution in [0.4, 0.5) is 5.13 Å². The number of pyridine rings is 1. The molecular formula is C23H20ClN3OS. The molecule has 0 bridgehead atoms. The fourth-order valence-corrected chi connectivity index (χ4v) is 4.50. The molecule has 0 unspecified atom stereocenters. The minimum atomic E-state index is 0.0403. The summed E-state index contributed by atoms with van der Waals surface area (Å²) in [6.45, 7) is 2.46. The van der Waals surface area contributed by atoms with Crippen molar-refractivity contribution in [2.45, 2.75) is 26.3 Å². The van der Waals surface area contributed by atoms with Crippen molar-refractivity contribution < 1.29 is 4.79 Å². The van der Waals surface area contributed by atoms with E-state index in [2.05, 4.69) is 4.98 Å². The van der Waals surface area contributed by atoms with Crippen molar-refractivity contribution in [3.05, 3.63) is 88.7 Å². The second-order valence-corrected chi connectivity index (χ2v) is 8.24. The highest BCUT2D eigenvalue weighted by molar-refractivity contribution is 7.23. The van der Waals surface area contributed by atoms with E-state index in [1.165, 1.54) is 11.3 Å². The van der Waals surface area contributed by atoms with Crippen LogP contribution >= 0.6 is 22.9 Å². The van der Waals surface area contributed by atoms with Crippen LogP contribution in [-0.4, -0.2) is 15.9 Å². The summed E-state index contributed by atoms with van der Waals surface area (Å²) in [4.78, 5) is 23.8. The van der Waals surface area contributed by atoms with Crippen LogP contribution in [0.25, 0.3) is 10.2 Å². The number of rotatable bonds is 6. The lowest BCUT2D eigenvalue weighted by molar-refractivity contribution is -0.118. The van der Waals surface area contributed by atoms with Crippen molar-refractivity contribution in [2.24, 2.45) is 0 Å². The highest BCUT2D eigenvalue weighted by atomic mass is 35.5. The summed E-state index contributed by atoms with van der Waals surface area (Å²) in [5, 5.41) is 1.33. The van der Waals surface area contributed by atoms with Gasteiger partial charge in [0, 0.05) is 18.8 Å². The molecule has 4 aromatic rings. The number of amides is 1. The van der Waals surface area contributed by atoms with Crippen LogP contribution in [0.2, 0.25) is 5.02 Å². The first-order valence-electron chi connectivity index (χ1n) is 9.40. The Morgan fingerprint density at radius 1 is 1.03 bits per heavy atom. The number of benzene rings is 2. The topological polar surface area (TPSA) is 46.1 Å². The van der Waals surface area contributed by atoms with Gasteiger partial charge in [0.25, 0.3) is 0 Å². The van der Waals surface area contributed by atoms with Gasteiger partial charge in [-0.25, -0.2) is 4.98 Å². The van der Waals surface area contributed by atoms with Gasteiger partial charge in [-0.3, -0.25) is 14.7 Å². The number of aromatic nitrogens is 2. The van der Waals surface area contributed by atoms with E-state index in [-0.39, 0.29) is 5.91 Å². The van der Waals surface area contributed by atoms with Gasteiger partial charge in [0.1, 0.15) is 0 Å². The van der Waals surface area contributed by atoms with Gasteiger partial charge in [0.05, 0.1) is 21.8 Å². The molecule has 0 fully saturated rings. The first kappa shape index (κ1) is 19.6. The van der Waals surface area contributed by atoms with Gasteiger partial charge < -0.3 is 0 Å². The van der Waals surface area contributed by atoms with E-state index in [4.69, 9.17) is 16.6 Å². The maximum Gasteiger partial charge on any atom is 0.229 e. The number of fused-ring (bicyclic) bond motifs is 1. The maximum atomic E-state index is 13.2. The Labute approximate surface area is 178 Å². The molecule has 2 aromatic heterocycles. The van der Waals surface area contributed by atoms with E-state index >= 15 is 0 Å². The number of thiazole rings is 1. The molecule has 29 heavy (non-hydrogen) atoms. The molecule has 2 heterocycles. The molecule has 1 amide bonds. The quantitative estimate of drug-likeness (QED) is 0.394. The van der Waals surface area contributed by atoms with E-state index in [1.54, 1.807) is 17.3 Å². The zero-order chi connectivity index (χ0) is 20.2. The molecule has 0 spiro atoms. The van der Waals surface area contributed by atoms with Crippen LogP contribution in [0.5, 0.6) is 0 Å². The van der Waals surface area contributed by atoms with Crippen molar-refractivity contribution >= 4 is 44.2 Å². The molecule has 0 saturated heterocycles. The minimum absolute atomic E-state index is 0.0403. The number of aryl methyl sites for hydroxylation is 2. The van der Waals surface area contributed by atoms with Crippen molar-refractivity contribution in [1.29, 1.82) is 0 Å². The van der Waals surface area contributed by atoms with E-state index in [0.29, 0.717) is 29.5 Å². The predicted molar refractivity (Wildman–Crippen MR) is 120 cm³/mol. The Bertz CT molecular complexity index is 1090. The molecule has 4 rings (SSSR count). The van der Waals surface area contributed by atoms with Crippen molar-refractivity contribution in [2.75, 3.05) is 4.90 Å². The van der Waals surface area contributed by atoms with E-state index < -0.39 is 0 Å². The van der Waals surface area contributed by atoms with Crippen LogP contribution < -0.4 is 4.90 Å². The fraction of sp³-hybridized carbons (Fsp3) is 0.174. The molecule has 4 nitrogen and oxygen atoms in total. The van der Waals surface area contributed by atoms with Crippen LogP contribution in [0.1, 0.15) is 23.1 Å². The van der Waals surface area contributed by atoms with Gasteiger partial charge in [-0.1, -0.05) is 59.3 Å². The minimum Gasteiger partial charge on any atom is -0.284 e. The molecule has 2 aromatic carbocycles. The van der Waals surface area contributed by atoms with Crippen molar-refractivity contribution in [1.82, 2.24) is 9.97 Å². The third kappa shape index (κ3) is 4.47. The monoisotopic (exact) mass is 421 g/mol. The Morgan fingerprint density at radius 3 is 2.52 bits per heavy atom. The zero-order valence-corrected chi connectivity index (χ0v) is 17.6. The third-order valence-electron chi connectivity index (χ3n) is 4.78. The largest absolute Gasteiger partial charge is 0.284 e. The van der Waals surface area contributed by atoms with Crippen LogP contribution in [0.3, 0.4) is 0 Å². The number of halogens is 1. The van der Waals surface area contributed by atoms with Gasteiger partial charge in [-0.05, 0) is 48.2 Å². The average Bonchev–Trinajstić information content (AvgIpc) is 3.21. The summed E-state index contributed by atoms with van der Waals surface area (Å²) < 4.78 is 0.914. The van der Waals surface area contributed by atoms with Crippen molar-refractivity contribution in [3.8, 4) is 0 Å². The van der Waals surface area contributed by atoms with E-state index in [0.717, 1.165) is 26.9 Å². The van der Waals surface area contributed by atoms with Crippen molar-refractivity contribution in [3.63, 3.8) is 0 Å². The Morgan fingerprint density at radius 2 is 1.79 bits per heavy atom. The molecular weight excluding hydrogens is 402 g/mol. The number of carbonyl (C=O) groups is 1. The van der Waals surface area contributed by atoms with Gasteiger partial charge in [0.2, 0.25) is 5.91 Å². The summed E-state index contributed by atoms with van der Waals surface area (Å²) in [7, 11) is 0.